The normalized spacial score (nSPS) is 13.4. The van der Waals surface area contributed by atoms with Crippen molar-refractivity contribution >= 4 is 55.8 Å². The van der Waals surface area contributed by atoms with Gasteiger partial charge in [-0.1, -0.05) is 189 Å². The largest absolute Gasteiger partial charge is 0.333 e. The third-order valence-corrected chi connectivity index (χ3v) is 15.6. The summed E-state index contributed by atoms with van der Waals surface area (Å²) in [7, 11) is -1.81. The third-order valence-electron chi connectivity index (χ3n) is 12.4. The van der Waals surface area contributed by atoms with Gasteiger partial charge >= 0.3 is 0 Å². The molecule has 0 aliphatic heterocycles. The summed E-state index contributed by atoms with van der Waals surface area (Å²) < 4.78 is 44.9. The van der Waals surface area contributed by atoms with Gasteiger partial charge in [-0.2, -0.15) is 11.3 Å². The van der Waals surface area contributed by atoms with E-state index in [0.717, 1.165) is 27.6 Å². The molecule has 69 heavy (non-hydrogen) atoms. The summed E-state index contributed by atoms with van der Waals surface area (Å²) >= 11 is 1.84. The number of nitrogens with zero attached hydrogens (tertiary/aromatic N) is 3. The summed E-state index contributed by atoms with van der Waals surface area (Å²) in [4.78, 5) is 9.89. The minimum atomic E-state index is -2.17. The molecule has 0 spiro atoms. The van der Waals surface area contributed by atoms with Crippen LogP contribution in [0.4, 0.5) is 0 Å². The minimum absolute atomic E-state index is 0. The number of aromatic nitrogens is 3. The minimum Gasteiger partial charge on any atom is -0.333 e. The number of aryl methyl sites for hydroxylation is 1. The average Bonchev–Trinajstić information content (AvgIpc) is 3.94. The molecule has 0 amide bonds. The standard InChI is InChI=1S/C43H35N2S.C20H28NSi.Ir/c1-27(2)31-18-12-19-32(28(3)4)41(31)45-39-23-11-10-22-38(39)44-43(45)36-21-13-20-35-37-26-30(24-25-40(37)46-42(35)36)34-17-9-8-16-33(34)29-14-6-5-7-15-29;1-15-8-10-16(11-9-15)18-12-17(13-20(2,3)4)19(14-21-18)22(5,6)7;/h5-20,22-28H,1-4H3;8-10,12,14H,13H2,1-7H3;/q2*-1;/i;1D3,13D2;. The molecule has 10 rings (SSSR count). The summed E-state index contributed by atoms with van der Waals surface area (Å²) in [5.41, 5.74) is 13.6. The van der Waals surface area contributed by atoms with E-state index in [2.05, 4.69) is 196 Å². The van der Waals surface area contributed by atoms with E-state index in [9.17, 15) is 0 Å². The quantitative estimate of drug-likeness (QED) is 0.107. The van der Waals surface area contributed by atoms with Gasteiger partial charge in [0.1, 0.15) is 0 Å². The van der Waals surface area contributed by atoms with Gasteiger partial charge in [-0.3, -0.25) is 4.98 Å². The number of fused-ring (bicyclic) bond motifs is 4. The zero-order chi connectivity index (χ0) is 52.2. The van der Waals surface area contributed by atoms with Gasteiger partial charge < -0.3 is 9.55 Å². The molecular weight excluding hydrogens is 1050 g/mol. The maximum atomic E-state index is 8.79. The van der Waals surface area contributed by atoms with Crippen LogP contribution >= 0.6 is 11.3 Å². The van der Waals surface area contributed by atoms with E-state index in [0.29, 0.717) is 28.7 Å². The Hall–Kier alpha value is -5.75. The number of para-hydroxylation sites is 3. The summed E-state index contributed by atoms with van der Waals surface area (Å²) in [5.74, 6) is 1.68. The molecular formula is C63H63IrN3SSi-2. The van der Waals surface area contributed by atoms with Gasteiger partial charge in [-0.05, 0) is 102 Å². The van der Waals surface area contributed by atoms with E-state index in [1.807, 2.05) is 38.2 Å². The van der Waals surface area contributed by atoms with Crippen molar-refractivity contribution < 1.29 is 27.0 Å². The van der Waals surface area contributed by atoms with Crippen LogP contribution in [0.1, 0.15) is 89.4 Å². The Morgan fingerprint density at radius 2 is 1.41 bits per heavy atom. The van der Waals surface area contributed by atoms with E-state index < -0.39 is 26.7 Å². The summed E-state index contributed by atoms with van der Waals surface area (Å²) in [5, 5.41) is 3.52. The van der Waals surface area contributed by atoms with Gasteiger partial charge in [0, 0.05) is 43.5 Å². The average molecular weight is 1120 g/mol. The van der Waals surface area contributed by atoms with Crippen molar-refractivity contribution in [1.29, 1.82) is 0 Å². The molecule has 3 nitrogen and oxygen atoms in total. The predicted molar refractivity (Wildman–Crippen MR) is 297 cm³/mol. The fourth-order valence-electron chi connectivity index (χ4n) is 9.16. The molecule has 0 aliphatic carbocycles. The molecule has 0 unspecified atom stereocenters. The van der Waals surface area contributed by atoms with Crippen LogP contribution in [-0.4, -0.2) is 22.6 Å². The smallest absolute Gasteiger partial charge is 0.0798 e. The monoisotopic (exact) mass is 1120 g/mol. The van der Waals surface area contributed by atoms with Gasteiger partial charge in [-0.25, -0.2) is 0 Å². The van der Waals surface area contributed by atoms with Crippen LogP contribution in [-0.2, 0) is 26.5 Å². The summed E-state index contributed by atoms with van der Waals surface area (Å²) in [6.07, 6.45) is 0.269. The van der Waals surface area contributed by atoms with Crippen molar-refractivity contribution in [2.75, 3.05) is 0 Å². The van der Waals surface area contributed by atoms with Crippen molar-refractivity contribution in [3.63, 3.8) is 0 Å². The molecule has 0 saturated heterocycles. The van der Waals surface area contributed by atoms with E-state index in [-0.39, 0.29) is 25.7 Å². The molecule has 0 N–H and O–H groups in total. The fraction of sp³-hybridized carbons (Fsp3) is 0.238. The second-order valence-corrected chi connectivity index (χ2v) is 26.5. The van der Waals surface area contributed by atoms with Gasteiger partial charge in [0.2, 0.25) is 0 Å². The first-order valence-electron chi connectivity index (χ1n) is 26.2. The molecule has 1 radical (unpaired) electrons. The van der Waals surface area contributed by atoms with Crippen LogP contribution < -0.4 is 5.19 Å². The predicted octanol–water partition coefficient (Wildman–Crippen LogP) is 17.4. The Kier molecular flexibility index (Phi) is 12.7. The number of pyridine rings is 1. The Morgan fingerprint density at radius 3 is 2.06 bits per heavy atom. The molecule has 0 bridgehead atoms. The van der Waals surface area contributed by atoms with Crippen molar-refractivity contribution in [3.05, 3.63) is 192 Å². The number of benzene rings is 7. The van der Waals surface area contributed by atoms with Gasteiger partial charge in [0.15, 0.2) is 0 Å². The molecule has 0 saturated carbocycles. The Labute approximate surface area is 436 Å². The summed E-state index contributed by atoms with van der Waals surface area (Å²) in [6.45, 7) is 19.2. The van der Waals surface area contributed by atoms with Crippen LogP contribution in [0.5, 0.6) is 0 Å². The van der Waals surface area contributed by atoms with Crippen LogP contribution in [0.3, 0.4) is 0 Å². The van der Waals surface area contributed by atoms with Crippen molar-refractivity contribution in [3.8, 4) is 50.6 Å². The number of imidazole rings is 1. The second kappa shape index (κ2) is 20.3. The Morgan fingerprint density at radius 1 is 0.725 bits per heavy atom. The molecule has 6 heteroatoms. The zero-order valence-corrected chi connectivity index (χ0v) is 45.5. The SMILES string of the molecule is CC(C)c1cccc(C(C)C)c1-n1c(-c2[c-]ccc3c2sc2ccc(-c4ccccc4-c4ccccc4)cc23)nc2ccccc21.[2H]C([2H])([2H])c1c[c-]c(-c2cc(C([2H])([2H])C(C)(C)C)c([Si](C)(C)C)cn2)cc1.[Ir]. The van der Waals surface area contributed by atoms with Crippen LogP contribution in [0.2, 0.25) is 19.6 Å². The first-order valence-corrected chi connectivity index (χ1v) is 28.0. The number of hydrogen-bond donors (Lipinski definition) is 0. The van der Waals surface area contributed by atoms with E-state index in [1.54, 1.807) is 18.3 Å². The summed E-state index contributed by atoms with van der Waals surface area (Å²) in [6, 6.07) is 59.1. The Balaban J connectivity index is 0.000000224. The van der Waals surface area contributed by atoms with Crippen molar-refractivity contribution in [2.24, 2.45) is 5.41 Å². The van der Waals surface area contributed by atoms with Gasteiger partial charge in [-0.15, -0.1) is 53.6 Å². The van der Waals surface area contributed by atoms with E-state index in [1.165, 1.54) is 65.3 Å². The van der Waals surface area contributed by atoms with Crippen molar-refractivity contribution in [2.45, 2.75) is 93.2 Å². The molecule has 0 atom stereocenters. The number of thiophene rings is 1. The molecule has 7 aromatic carbocycles. The topological polar surface area (TPSA) is 30.7 Å². The number of hydrogen-bond acceptors (Lipinski definition) is 3. The molecule has 351 valence electrons. The van der Waals surface area contributed by atoms with Crippen LogP contribution in [0.25, 0.3) is 81.8 Å². The second-order valence-electron chi connectivity index (χ2n) is 20.4. The van der Waals surface area contributed by atoms with E-state index in [4.69, 9.17) is 11.8 Å². The third kappa shape index (κ3) is 10.4. The Bertz CT molecular complexity index is 3590. The van der Waals surface area contributed by atoms with Gasteiger partial charge in [0.05, 0.1) is 24.9 Å². The van der Waals surface area contributed by atoms with E-state index >= 15 is 0 Å². The zero-order valence-electron chi connectivity index (χ0n) is 46.2. The van der Waals surface area contributed by atoms with Crippen LogP contribution in [0, 0.1) is 24.4 Å². The van der Waals surface area contributed by atoms with Crippen LogP contribution in [0.15, 0.2) is 158 Å². The first-order chi connectivity index (χ1) is 34.5. The van der Waals surface area contributed by atoms with Crippen molar-refractivity contribution in [1.82, 2.24) is 14.5 Å². The first kappa shape index (κ1) is 43.3. The maximum Gasteiger partial charge on any atom is 0.0798 e. The molecule has 3 aromatic heterocycles. The molecule has 3 heterocycles. The fourth-order valence-corrected chi connectivity index (χ4v) is 11.7. The maximum absolute atomic E-state index is 8.79. The van der Waals surface area contributed by atoms with Gasteiger partial charge in [0.25, 0.3) is 0 Å². The molecule has 10 aromatic rings. The molecule has 0 aliphatic rings. The number of rotatable bonds is 9. The molecule has 0 fully saturated rings.